The lowest BCUT2D eigenvalue weighted by Crippen LogP contribution is -2.38. The monoisotopic (exact) mass is 239 g/mol. The molecule has 17 heavy (non-hydrogen) atoms. The minimum atomic E-state index is 0.0474. The second-order valence-electron chi connectivity index (χ2n) is 5.54. The van der Waals surface area contributed by atoms with E-state index in [1.54, 1.807) is 0 Å². The third-order valence-corrected chi connectivity index (χ3v) is 4.19. The van der Waals surface area contributed by atoms with Gasteiger partial charge in [0.25, 0.3) is 0 Å². The maximum absolute atomic E-state index is 12.1. The number of hydrogen-bond acceptors (Lipinski definition) is 3. The standard InChI is InChI=1S/C13H25N3O/c1-4-10(2)12-13(17)16(9-14-12)8-7-15(3)11-5-6-11/h10-12,14H,4-9H2,1-3H3. The van der Waals surface area contributed by atoms with Crippen molar-refractivity contribution in [2.75, 3.05) is 26.8 Å². The molecule has 98 valence electrons. The van der Waals surface area contributed by atoms with E-state index in [1.807, 2.05) is 4.90 Å². The predicted octanol–water partition coefficient (Wildman–Crippen LogP) is 0.885. The molecule has 0 radical (unpaired) electrons. The summed E-state index contributed by atoms with van der Waals surface area (Å²) in [4.78, 5) is 16.5. The first kappa shape index (κ1) is 12.8. The van der Waals surface area contributed by atoms with E-state index in [-0.39, 0.29) is 6.04 Å². The molecule has 2 rings (SSSR count). The lowest BCUT2D eigenvalue weighted by molar-refractivity contribution is -0.130. The summed E-state index contributed by atoms with van der Waals surface area (Å²) in [6.07, 6.45) is 3.72. The summed E-state index contributed by atoms with van der Waals surface area (Å²) >= 11 is 0. The molecule has 1 aliphatic heterocycles. The molecule has 4 nitrogen and oxygen atoms in total. The minimum Gasteiger partial charge on any atom is -0.327 e. The zero-order valence-electron chi connectivity index (χ0n) is 11.3. The fourth-order valence-corrected chi connectivity index (χ4v) is 2.42. The SMILES string of the molecule is CCC(C)C1NCN(CCN(C)C2CC2)C1=O. The van der Waals surface area contributed by atoms with Gasteiger partial charge in [-0.05, 0) is 25.8 Å². The molecule has 1 heterocycles. The van der Waals surface area contributed by atoms with Crippen molar-refractivity contribution in [2.45, 2.75) is 45.2 Å². The maximum Gasteiger partial charge on any atom is 0.241 e. The van der Waals surface area contributed by atoms with Crippen LogP contribution in [0, 0.1) is 5.92 Å². The molecule has 1 saturated carbocycles. The van der Waals surface area contributed by atoms with Crippen molar-refractivity contribution in [3.05, 3.63) is 0 Å². The Kier molecular flexibility index (Phi) is 4.05. The molecule has 1 saturated heterocycles. The number of nitrogens with zero attached hydrogens (tertiary/aromatic N) is 2. The summed E-state index contributed by atoms with van der Waals surface area (Å²) in [7, 11) is 2.16. The fraction of sp³-hybridized carbons (Fsp3) is 0.923. The summed E-state index contributed by atoms with van der Waals surface area (Å²) in [6, 6.07) is 0.831. The number of rotatable bonds is 6. The molecular formula is C13H25N3O. The highest BCUT2D eigenvalue weighted by Gasteiger charge is 2.34. The third-order valence-electron chi connectivity index (χ3n) is 4.19. The molecule has 1 aliphatic carbocycles. The maximum atomic E-state index is 12.1. The number of carbonyl (C=O) groups excluding carboxylic acids is 1. The molecule has 2 atom stereocenters. The Hall–Kier alpha value is -0.610. The van der Waals surface area contributed by atoms with Gasteiger partial charge in [-0.2, -0.15) is 0 Å². The van der Waals surface area contributed by atoms with Gasteiger partial charge in [0.1, 0.15) is 0 Å². The molecule has 0 aromatic rings. The largest absolute Gasteiger partial charge is 0.327 e. The molecule has 2 unspecified atom stereocenters. The highest BCUT2D eigenvalue weighted by atomic mass is 16.2. The van der Waals surface area contributed by atoms with Crippen LogP contribution in [0.25, 0.3) is 0 Å². The molecular weight excluding hydrogens is 214 g/mol. The van der Waals surface area contributed by atoms with E-state index in [9.17, 15) is 4.79 Å². The zero-order chi connectivity index (χ0) is 12.4. The lowest BCUT2D eigenvalue weighted by Gasteiger charge is -2.21. The van der Waals surface area contributed by atoms with Gasteiger partial charge in [-0.15, -0.1) is 0 Å². The molecule has 1 N–H and O–H groups in total. The van der Waals surface area contributed by atoms with Gasteiger partial charge in [-0.25, -0.2) is 0 Å². The summed E-state index contributed by atoms with van der Waals surface area (Å²) in [5.41, 5.74) is 0. The molecule has 2 fully saturated rings. The minimum absolute atomic E-state index is 0.0474. The smallest absolute Gasteiger partial charge is 0.241 e. The molecule has 0 bridgehead atoms. The van der Waals surface area contributed by atoms with E-state index < -0.39 is 0 Å². The highest BCUT2D eigenvalue weighted by molar-refractivity contribution is 5.84. The Bertz CT molecular complexity index is 278. The van der Waals surface area contributed by atoms with E-state index in [0.717, 1.165) is 32.2 Å². The third kappa shape index (κ3) is 2.99. The van der Waals surface area contributed by atoms with Crippen molar-refractivity contribution in [1.29, 1.82) is 0 Å². The van der Waals surface area contributed by atoms with Crippen molar-refractivity contribution < 1.29 is 4.79 Å². The van der Waals surface area contributed by atoms with Crippen molar-refractivity contribution in [3.63, 3.8) is 0 Å². The Morgan fingerprint density at radius 3 is 2.82 bits per heavy atom. The summed E-state index contributed by atoms with van der Waals surface area (Å²) in [5.74, 6) is 0.734. The second kappa shape index (κ2) is 5.36. The molecule has 0 aromatic heterocycles. The Morgan fingerprint density at radius 2 is 2.24 bits per heavy atom. The topological polar surface area (TPSA) is 35.6 Å². The Balaban J connectivity index is 1.76. The number of amides is 1. The molecule has 4 heteroatoms. The second-order valence-corrected chi connectivity index (χ2v) is 5.54. The molecule has 0 spiro atoms. The number of nitrogens with one attached hydrogen (secondary N) is 1. The van der Waals surface area contributed by atoms with E-state index in [0.29, 0.717) is 11.8 Å². The Morgan fingerprint density at radius 1 is 1.53 bits per heavy atom. The highest BCUT2D eigenvalue weighted by Crippen LogP contribution is 2.25. The van der Waals surface area contributed by atoms with Crippen molar-refractivity contribution in [1.82, 2.24) is 15.1 Å². The van der Waals surface area contributed by atoms with Crippen LogP contribution in [0.4, 0.5) is 0 Å². The van der Waals surface area contributed by atoms with E-state index in [1.165, 1.54) is 12.8 Å². The number of likely N-dealkylation sites (N-methyl/N-ethyl adjacent to an activating group) is 1. The summed E-state index contributed by atoms with van der Waals surface area (Å²) in [5, 5.41) is 3.33. The van der Waals surface area contributed by atoms with Crippen molar-refractivity contribution in [2.24, 2.45) is 5.92 Å². The normalized spacial score (nSPS) is 26.9. The lowest BCUT2D eigenvalue weighted by atomic mass is 9.99. The van der Waals surface area contributed by atoms with Crippen LogP contribution in [0.3, 0.4) is 0 Å². The quantitative estimate of drug-likeness (QED) is 0.747. The van der Waals surface area contributed by atoms with Gasteiger partial charge >= 0.3 is 0 Å². The van der Waals surface area contributed by atoms with Gasteiger partial charge in [-0.1, -0.05) is 20.3 Å². The van der Waals surface area contributed by atoms with Crippen LogP contribution >= 0.6 is 0 Å². The van der Waals surface area contributed by atoms with Crippen LogP contribution < -0.4 is 5.32 Å². The van der Waals surface area contributed by atoms with Gasteiger partial charge in [0.15, 0.2) is 0 Å². The van der Waals surface area contributed by atoms with E-state index >= 15 is 0 Å². The molecule has 0 aromatic carbocycles. The van der Waals surface area contributed by atoms with Gasteiger partial charge in [0.05, 0.1) is 12.7 Å². The van der Waals surface area contributed by atoms with Crippen LogP contribution in [0.5, 0.6) is 0 Å². The number of hydrogen-bond donors (Lipinski definition) is 1. The van der Waals surface area contributed by atoms with Crippen LogP contribution in [0.1, 0.15) is 33.1 Å². The predicted molar refractivity (Wildman–Crippen MR) is 68.6 cm³/mol. The Labute approximate surface area is 104 Å². The van der Waals surface area contributed by atoms with Crippen LogP contribution in [0.15, 0.2) is 0 Å². The average Bonchev–Trinajstić information content (AvgIpc) is 3.11. The fourth-order valence-electron chi connectivity index (χ4n) is 2.42. The number of carbonyl (C=O) groups is 1. The van der Waals surface area contributed by atoms with Crippen LogP contribution in [-0.2, 0) is 4.79 Å². The first-order valence-corrected chi connectivity index (χ1v) is 6.86. The summed E-state index contributed by atoms with van der Waals surface area (Å²) in [6.45, 7) is 6.89. The first-order valence-electron chi connectivity index (χ1n) is 6.86. The van der Waals surface area contributed by atoms with Crippen LogP contribution in [-0.4, -0.2) is 54.6 Å². The van der Waals surface area contributed by atoms with Gasteiger partial charge in [-0.3, -0.25) is 10.1 Å². The molecule has 2 aliphatic rings. The van der Waals surface area contributed by atoms with E-state index in [4.69, 9.17) is 0 Å². The van der Waals surface area contributed by atoms with Crippen molar-refractivity contribution >= 4 is 5.91 Å². The van der Waals surface area contributed by atoms with Crippen molar-refractivity contribution in [3.8, 4) is 0 Å². The van der Waals surface area contributed by atoms with E-state index in [2.05, 4.69) is 31.1 Å². The molecule has 1 amide bonds. The van der Waals surface area contributed by atoms with Gasteiger partial charge < -0.3 is 9.80 Å². The van der Waals surface area contributed by atoms with Gasteiger partial charge in [0, 0.05) is 19.1 Å². The summed E-state index contributed by atoms with van der Waals surface area (Å²) < 4.78 is 0. The zero-order valence-corrected chi connectivity index (χ0v) is 11.3. The van der Waals surface area contributed by atoms with Crippen LogP contribution in [0.2, 0.25) is 0 Å². The van der Waals surface area contributed by atoms with Gasteiger partial charge in [0.2, 0.25) is 5.91 Å². The average molecular weight is 239 g/mol. The first-order chi connectivity index (χ1) is 8.13.